The van der Waals surface area contributed by atoms with Crippen LogP contribution in [0.5, 0.6) is 0 Å². The lowest BCUT2D eigenvalue weighted by Gasteiger charge is -2.05. The number of benzene rings is 1. The number of unbranched alkanes of at least 4 members (excludes halogenated alkanes) is 3. The summed E-state index contributed by atoms with van der Waals surface area (Å²) in [4.78, 5) is 10.7. The fraction of sp³-hybridized carbons (Fsp3) is 0.500. The molecule has 1 nitrogen and oxygen atoms in total. The molecule has 0 N–H and O–H groups in total. The Kier molecular flexibility index (Phi) is 7.80. The van der Waals surface area contributed by atoms with Crippen molar-refractivity contribution >= 4 is 40.1 Å². The SMILES string of the molecule is CC(=O)SCCCCCCc1cccc(Cl)c1Cl. The quantitative estimate of drug-likeness (QED) is 0.629. The molecule has 0 unspecified atom stereocenters. The Bertz CT molecular complexity index is 393. The average molecular weight is 305 g/mol. The number of hydrogen-bond acceptors (Lipinski definition) is 2. The Morgan fingerprint density at radius 2 is 1.89 bits per heavy atom. The summed E-state index contributed by atoms with van der Waals surface area (Å²) in [5.74, 6) is 0.938. The first-order valence-corrected chi connectivity index (χ1v) is 7.91. The molecule has 0 fully saturated rings. The highest BCUT2D eigenvalue weighted by molar-refractivity contribution is 8.13. The van der Waals surface area contributed by atoms with Gasteiger partial charge in [0.2, 0.25) is 0 Å². The van der Waals surface area contributed by atoms with Crippen molar-refractivity contribution in [1.29, 1.82) is 0 Å². The van der Waals surface area contributed by atoms with Crippen LogP contribution in [-0.4, -0.2) is 10.9 Å². The van der Waals surface area contributed by atoms with Crippen LogP contribution in [0.1, 0.15) is 38.2 Å². The predicted octanol–water partition coefficient (Wildman–Crippen LogP) is 5.38. The smallest absolute Gasteiger partial charge is 0.185 e. The van der Waals surface area contributed by atoms with Crippen LogP contribution in [0.15, 0.2) is 18.2 Å². The lowest BCUT2D eigenvalue weighted by Crippen LogP contribution is -1.90. The minimum absolute atomic E-state index is 0.209. The second kappa shape index (κ2) is 8.84. The molecule has 0 bridgehead atoms. The molecule has 1 aromatic rings. The van der Waals surface area contributed by atoms with E-state index in [0.29, 0.717) is 10.0 Å². The lowest BCUT2D eigenvalue weighted by atomic mass is 10.1. The van der Waals surface area contributed by atoms with Gasteiger partial charge in [0.15, 0.2) is 5.12 Å². The summed E-state index contributed by atoms with van der Waals surface area (Å²) in [6.07, 6.45) is 5.53. The highest BCUT2D eigenvalue weighted by Gasteiger charge is 2.03. The van der Waals surface area contributed by atoms with E-state index in [9.17, 15) is 4.79 Å². The maximum atomic E-state index is 10.7. The van der Waals surface area contributed by atoms with Gasteiger partial charge in [-0.1, -0.05) is 59.9 Å². The molecule has 100 valence electrons. The van der Waals surface area contributed by atoms with E-state index in [0.717, 1.165) is 30.6 Å². The number of hydrogen-bond donors (Lipinski definition) is 0. The maximum absolute atomic E-state index is 10.7. The highest BCUT2D eigenvalue weighted by Crippen LogP contribution is 2.26. The van der Waals surface area contributed by atoms with E-state index in [-0.39, 0.29) is 5.12 Å². The van der Waals surface area contributed by atoms with Gasteiger partial charge < -0.3 is 0 Å². The van der Waals surface area contributed by atoms with Crippen molar-refractivity contribution < 1.29 is 4.79 Å². The van der Waals surface area contributed by atoms with Gasteiger partial charge in [-0.15, -0.1) is 0 Å². The molecule has 1 aromatic carbocycles. The van der Waals surface area contributed by atoms with E-state index in [2.05, 4.69) is 0 Å². The Labute approximate surface area is 123 Å². The zero-order chi connectivity index (χ0) is 13.4. The number of carbonyl (C=O) groups is 1. The summed E-state index contributed by atoms with van der Waals surface area (Å²) in [5, 5.41) is 1.53. The molecule has 0 saturated heterocycles. The van der Waals surface area contributed by atoms with Crippen LogP contribution in [0.2, 0.25) is 10.0 Å². The minimum Gasteiger partial charge on any atom is -0.288 e. The monoisotopic (exact) mass is 304 g/mol. The fourth-order valence-electron chi connectivity index (χ4n) is 1.73. The third-order valence-electron chi connectivity index (χ3n) is 2.68. The molecule has 0 spiro atoms. The zero-order valence-corrected chi connectivity index (χ0v) is 12.9. The third-order valence-corrected chi connectivity index (χ3v) is 4.43. The van der Waals surface area contributed by atoms with Crippen molar-refractivity contribution in [2.45, 2.75) is 39.0 Å². The molecule has 0 aliphatic heterocycles. The average Bonchev–Trinajstić information content (AvgIpc) is 2.32. The van der Waals surface area contributed by atoms with Crippen molar-refractivity contribution in [2.75, 3.05) is 5.75 Å². The molecule has 18 heavy (non-hydrogen) atoms. The van der Waals surface area contributed by atoms with Crippen LogP contribution < -0.4 is 0 Å². The van der Waals surface area contributed by atoms with Gasteiger partial charge in [-0.2, -0.15) is 0 Å². The van der Waals surface area contributed by atoms with E-state index < -0.39 is 0 Å². The Morgan fingerprint density at radius 3 is 2.61 bits per heavy atom. The second-order valence-electron chi connectivity index (χ2n) is 4.22. The number of rotatable bonds is 7. The number of halogens is 2. The van der Waals surface area contributed by atoms with Crippen LogP contribution in [-0.2, 0) is 11.2 Å². The molecule has 4 heteroatoms. The van der Waals surface area contributed by atoms with E-state index in [1.807, 2.05) is 18.2 Å². The summed E-state index contributed by atoms with van der Waals surface area (Å²) < 4.78 is 0. The zero-order valence-electron chi connectivity index (χ0n) is 10.5. The first kappa shape index (κ1) is 15.9. The molecule has 0 saturated carbocycles. The van der Waals surface area contributed by atoms with Gasteiger partial charge in [-0.05, 0) is 30.9 Å². The van der Waals surface area contributed by atoms with Crippen LogP contribution in [0.3, 0.4) is 0 Å². The van der Waals surface area contributed by atoms with Crippen LogP contribution in [0, 0.1) is 0 Å². The molecular weight excluding hydrogens is 287 g/mol. The van der Waals surface area contributed by atoms with E-state index >= 15 is 0 Å². The molecule has 0 heterocycles. The standard InChI is InChI=1S/C14H18Cl2OS/c1-11(17)18-10-5-3-2-4-7-12-8-6-9-13(15)14(12)16/h6,8-9H,2-5,7,10H2,1H3. The van der Waals surface area contributed by atoms with E-state index in [4.69, 9.17) is 23.2 Å². The van der Waals surface area contributed by atoms with Gasteiger partial charge in [-0.25, -0.2) is 0 Å². The second-order valence-corrected chi connectivity index (χ2v) is 6.27. The summed E-state index contributed by atoms with van der Waals surface area (Å²) >= 11 is 13.5. The van der Waals surface area contributed by atoms with E-state index in [1.165, 1.54) is 24.6 Å². The first-order chi connectivity index (χ1) is 8.61. The largest absolute Gasteiger partial charge is 0.288 e. The predicted molar refractivity (Wildman–Crippen MR) is 81.8 cm³/mol. The van der Waals surface area contributed by atoms with Gasteiger partial charge in [-0.3, -0.25) is 4.79 Å². The number of aryl methyl sites for hydroxylation is 1. The molecule has 0 amide bonds. The van der Waals surface area contributed by atoms with Crippen molar-refractivity contribution in [3.8, 4) is 0 Å². The van der Waals surface area contributed by atoms with Gasteiger partial charge >= 0.3 is 0 Å². The molecule has 0 radical (unpaired) electrons. The lowest BCUT2D eigenvalue weighted by molar-refractivity contribution is -0.109. The van der Waals surface area contributed by atoms with Crippen LogP contribution >= 0.6 is 35.0 Å². The van der Waals surface area contributed by atoms with Crippen molar-refractivity contribution in [3.63, 3.8) is 0 Å². The van der Waals surface area contributed by atoms with Gasteiger partial charge in [0.1, 0.15) is 0 Å². The Morgan fingerprint density at radius 1 is 1.17 bits per heavy atom. The van der Waals surface area contributed by atoms with Gasteiger partial charge in [0, 0.05) is 12.7 Å². The number of thioether (sulfide) groups is 1. The highest BCUT2D eigenvalue weighted by atomic mass is 35.5. The third kappa shape index (κ3) is 6.12. The summed E-state index contributed by atoms with van der Waals surface area (Å²) in [7, 11) is 0. The molecular formula is C14H18Cl2OS. The topological polar surface area (TPSA) is 17.1 Å². The van der Waals surface area contributed by atoms with Crippen molar-refractivity contribution in [2.24, 2.45) is 0 Å². The van der Waals surface area contributed by atoms with Gasteiger partial charge in [0.25, 0.3) is 0 Å². The minimum atomic E-state index is 0.209. The molecule has 0 atom stereocenters. The molecule has 0 aliphatic rings. The first-order valence-electron chi connectivity index (χ1n) is 6.17. The molecule has 1 rings (SSSR count). The van der Waals surface area contributed by atoms with Gasteiger partial charge in [0.05, 0.1) is 10.0 Å². The summed E-state index contributed by atoms with van der Waals surface area (Å²) in [6, 6.07) is 5.78. The van der Waals surface area contributed by atoms with Crippen molar-refractivity contribution in [1.82, 2.24) is 0 Å². The molecule has 0 aliphatic carbocycles. The Balaban J connectivity index is 2.14. The Hall–Kier alpha value is -0.180. The number of carbonyl (C=O) groups excluding carboxylic acids is 1. The normalized spacial score (nSPS) is 10.6. The van der Waals surface area contributed by atoms with E-state index in [1.54, 1.807) is 6.92 Å². The van der Waals surface area contributed by atoms with Crippen LogP contribution in [0.4, 0.5) is 0 Å². The van der Waals surface area contributed by atoms with Crippen molar-refractivity contribution in [3.05, 3.63) is 33.8 Å². The van der Waals surface area contributed by atoms with Crippen LogP contribution in [0.25, 0.3) is 0 Å². The molecule has 0 aromatic heterocycles. The summed E-state index contributed by atoms with van der Waals surface area (Å²) in [6.45, 7) is 1.62. The summed E-state index contributed by atoms with van der Waals surface area (Å²) in [5.41, 5.74) is 1.13. The maximum Gasteiger partial charge on any atom is 0.185 e. The fourth-order valence-corrected chi connectivity index (χ4v) is 2.78.